The van der Waals surface area contributed by atoms with Crippen LogP contribution < -0.4 is 0 Å². The molecule has 0 aliphatic heterocycles. The van der Waals surface area contributed by atoms with Crippen LogP contribution in [0.25, 0.3) is 0 Å². The van der Waals surface area contributed by atoms with Crippen molar-refractivity contribution in [2.75, 3.05) is 0 Å². The molecule has 0 bridgehead atoms. The summed E-state index contributed by atoms with van der Waals surface area (Å²) in [5.41, 5.74) is 0. The third-order valence-electron chi connectivity index (χ3n) is 0. The maximum absolute atomic E-state index is 9.00. The first-order chi connectivity index (χ1) is 1.73. The molecule has 0 saturated carbocycles. The van der Waals surface area contributed by atoms with Crippen molar-refractivity contribution in [3.05, 3.63) is 0 Å². The van der Waals surface area contributed by atoms with Gasteiger partial charge < -0.3 is 5.11 Å². The number of carbonyl (C=O) groups is 1. The quantitative estimate of drug-likeness (QED) is 0.652. The molecule has 0 aliphatic rings. The number of hydrogen-bond acceptors (Lipinski definition) is 1. The molecule has 0 saturated heterocycles. The van der Waals surface area contributed by atoms with Crippen molar-refractivity contribution in [2.45, 2.75) is 6.92 Å². The molecule has 0 unspecified atom stereocenters. The van der Waals surface area contributed by atoms with Crippen LogP contribution in [0.3, 0.4) is 0 Å². The summed E-state index contributed by atoms with van der Waals surface area (Å²) in [6, 6.07) is 0. The van der Waals surface area contributed by atoms with Crippen molar-refractivity contribution in [3.63, 3.8) is 0 Å². The van der Waals surface area contributed by atoms with Crippen LogP contribution in [0.4, 0.5) is 0 Å². The molecular formula is C2H4O2Ta. The fourth-order valence-electron chi connectivity index (χ4n) is 0. The van der Waals surface area contributed by atoms with Gasteiger partial charge in [0, 0.05) is 29.3 Å². The Balaban J connectivity index is 0. The Labute approximate surface area is 45.7 Å². The van der Waals surface area contributed by atoms with Crippen LogP contribution in [0.15, 0.2) is 0 Å². The molecule has 0 amide bonds. The summed E-state index contributed by atoms with van der Waals surface area (Å²) in [6.07, 6.45) is 0. The van der Waals surface area contributed by atoms with Gasteiger partial charge in [-0.1, -0.05) is 0 Å². The van der Waals surface area contributed by atoms with E-state index in [1.54, 1.807) is 0 Å². The van der Waals surface area contributed by atoms with Crippen molar-refractivity contribution in [3.8, 4) is 0 Å². The summed E-state index contributed by atoms with van der Waals surface area (Å²) in [7, 11) is 0. The Hall–Kier alpha value is 0.210. The van der Waals surface area contributed by atoms with Crippen LogP contribution in [-0.4, -0.2) is 11.1 Å². The van der Waals surface area contributed by atoms with Gasteiger partial charge in [-0.15, -0.1) is 0 Å². The van der Waals surface area contributed by atoms with Gasteiger partial charge in [-0.3, -0.25) is 4.79 Å². The number of hydrogen-bond donors (Lipinski definition) is 1. The average Bonchev–Trinajstić information content (AvgIpc) is 0.811. The molecule has 3 heteroatoms. The van der Waals surface area contributed by atoms with Crippen LogP contribution in [0.2, 0.25) is 0 Å². The minimum absolute atomic E-state index is 0. The molecule has 1 N–H and O–H groups in total. The molecule has 1 radical (unpaired) electrons. The van der Waals surface area contributed by atoms with E-state index in [4.69, 9.17) is 9.90 Å². The molecule has 2 nitrogen and oxygen atoms in total. The number of rotatable bonds is 0. The van der Waals surface area contributed by atoms with Gasteiger partial charge in [0.2, 0.25) is 0 Å². The van der Waals surface area contributed by atoms with Crippen LogP contribution >= 0.6 is 0 Å². The van der Waals surface area contributed by atoms with Gasteiger partial charge in [-0.25, -0.2) is 0 Å². The predicted molar refractivity (Wildman–Crippen MR) is 13.3 cm³/mol. The van der Waals surface area contributed by atoms with E-state index >= 15 is 0 Å². The van der Waals surface area contributed by atoms with E-state index in [-0.39, 0.29) is 22.4 Å². The average molecular weight is 241 g/mol. The van der Waals surface area contributed by atoms with Crippen molar-refractivity contribution in [1.29, 1.82) is 0 Å². The number of carboxylic acid groups (broad SMARTS) is 1. The smallest absolute Gasteiger partial charge is 0.300 e. The molecule has 0 aromatic carbocycles. The van der Waals surface area contributed by atoms with Gasteiger partial charge in [0.25, 0.3) is 5.97 Å². The van der Waals surface area contributed by atoms with Crippen molar-refractivity contribution >= 4 is 5.97 Å². The first-order valence-electron chi connectivity index (χ1n) is 0.928. The first kappa shape index (κ1) is 8.96. The van der Waals surface area contributed by atoms with Crippen LogP contribution in [0.1, 0.15) is 6.92 Å². The zero-order valence-electron chi connectivity index (χ0n) is 2.80. The molecule has 0 aromatic heterocycles. The molecule has 5 heavy (non-hydrogen) atoms. The normalized spacial score (nSPS) is 5.00. The Bertz CT molecular complexity index is 30.6. The maximum atomic E-state index is 9.00. The van der Waals surface area contributed by atoms with Crippen molar-refractivity contribution < 1.29 is 32.3 Å². The largest absolute Gasteiger partial charge is 0.481 e. The Morgan fingerprint density at radius 1 is 1.80 bits per heavy atom. The molecule has 29 valence electrons. The molecule has 0 rings (SSSR count). The molecule has 0 aromatic rings. The summed E-state index contributed by atoms with van der Waals surface area (Å²) in [6.45, 7) is 1.08. The topological polar surface area (TPSA) is 37.3 Å². The van der Waals surface area contributed by atoms with Gasteiger partial charge in [0.05, 0.1) is 0 Å². The second kappa shape index (κ2) is 4.21. The number of aliphatic carboxylic acids is 1. The van der Waals surface area contributed by atoms with Crippen molar-refractivity contribution in [1.82, 2.24) is 0 Å². The SMILES string of the molecule is CC(=O)O.[Ta]. The van der Waals surface area contributed by atoms with Gasteiger partial charge >= 0.3 is 0 Å². The first-order valence-corrected chi connectivity index (χ1v) is 0.928. The van der Waals surface area contributed by atoms with E-state index in [1.807, 2.05) is 0 Å². The third-order valence-corrected chi connectivity index (χ3v) is 0. The fourth-order valence-corrected chi connectivity index (χ4v) is 0. The second-order valence-electron chi connectivity index (χ2n) is 0.519. The Morgan fingerprint density at radius 3 is 1.80 bits per heavy atom. The van der Waals surface area contributed by atoms with E-state index in [9.17, 15) is 0 Å². The van der Waals surface area contributed by atoms with Gasteiger partial charge in [0.15, 0.2) is 0 Å². The zero-order chi connectivity index (χ0) is 3.58. The Morgan fingerprint density at radius 2 is 1.80 bits per heavy atom. The van der Waals surface area contributed by atoms with E-state index in [0.29, 0.717) is 0 Å². The molecule has 0 heterocycles. The predicted octanol–water partition coefficient (Wildman–Crippen LogP) is 0.0884. The van der Waals surface area contributed by atoms with Crippen LogP contribution in [-0.2, 0) is 27.2 Å². The van der Waals surface area contributed by atoms with Crippen molar-refractivity contribution in [2.24, 2.45) is 0 Å². The second-order valence-corrected chi connectivity index (χ2v) is 0.519. The summed E-state index contributed by atoms with van der Waals surface area (Å²) >= 11 is 0. The summed E-state index contributed by atoms with van der Waals surface area (Å²) in [4.78, 5) is 9.00. The van der Waals surface area contributed by atoms with E-state index in [0.717, 1.165) is 6.92 Å². The molecule has 0 aliphatic carbocycles. The summed E-state index contributed by atoms with van der Waals surface area (Å²) < 4.78 is 0. The van der Waals surface area contributed by atoms with E-state index in [2.05, 4.69) is 0 Å². The Kier molecular flexibility index (Phi) is 7.55. The van der Waals surface area contributed by atoms with Gasteiger partial charge in [-0.2, -0.15) is 0 Å². The molecule has 0 spiro atoms. The maximum Gasteiger partial charge on any atom is 0.300 e. The fraction of sp³-hybridized carbons (Fsp3) is 0.500. The van der Waals surface area contributed by atoms with E-state index < -0.39 is 5.97 Å². The zero-order valence-corrected chi connectivity index (χ0v) is 6.02. The minimum Gasteiger partial charge on any atom is -0.481 e. The summed E-state index contributed by atoms with van der Waals surface area (Å²) in [5.74, 6) is -0.833. The van der Waals surface area contributed by atoms with Crippen LogP contribution in [0.5, 0.6) is 0 Å². The van der Waals surface area contributed by atoms with E-state index in [1.165, 1.54) is 0 Å². The number of carboxylic acids is 1. The van der Waals surface area contributed by atoms with Gasteiger partial charge in [-0.05, 0) is 0 Å². The van der Waals surface area contributed by atoms with Gasteiger partial charge in [0.1, 0.15) is 0 Å². The van der Waals surface area contributed by atoms with Crippen LogP contribution in [0, 0.1) is 0 Å². The molecular weight excluding hydrogens is 237 g/mol. The standard InChI is InChI=1S/C2H4O2.Ta/c1-2(3)4;/h1H3,(H,3,4);. The molecule has 0 fully saturated rings. The minimum atomic E-state index is -0.833. The molecule has 0 atom stereocenters. The third kappa shape index (κ3) is 465. The summed E-state index contributed by atoms with van der Waals surface area (Å²) in [5, 5.41) is 7.42. The monoisotopic (exact) mass is 241 g/mol.